The molecule has 2 aromatic rings. The van der Waals surface area contributed by atoms with Gasteiger partial charge in [0, 0.05) is 23.5 Å². The minimum absolute atomic E-state index is 0. The molecule has 0 radical (unpaired) electrons. The normalized spacial score (nSPS) is 16.8. The monoisotopic (exact) mass is 381 g/mol. The highest BCUT2D eigenvalue weighted by molar-refractivity contribution is 7.13. The number of nitrogens with one attached hydrogen (secondary N) is 2. The summed E-state index contributed by atoms with van der Waals surface area (Å²) in [6, 6.07) is 8.05. The Kier molecular flexibility index (Phi) is 7.68. The number of piperidine rings is 1. The zero-order chi connectivity index (χ0) is 16.8. The Morgan fingerprint density at radius 2 is 2.20 bits per heavy atom. The van der Waals surface area contributed by atoms with Crippen molar-refractivity contribution in [3.05, 3.63) is 35.3 Å². The second-order valence-electron chi connectivity index (χ2n) is 5.93. The SMILES string of the molecule is CCCOc1ccc(-c2nc(C(=O)N[C@H]3CCCNC3)cs2)cc1.Cl. The highest BCUT2D eigenvalue weighted by atomic mass is 35.5. The van der Waals surface area contributed by atoms with E-state index in [0.717, 1.165) is 55.3 Å². The molecule has 5 nitrogen and oxygen atoms in total. The molecule has 0 bridgehead atoms. The fourth-order valence-electron chi connectivity index (χ4n) is 2.66. The molecule has 1 fully saturated rings. The van der Waals surface area contributed by atoms with E-state index < -0.39 is 0 Å². The Hall–Kier alpha value is -1.63. The molecule has 0 unspecified atom stereocenters. The summed E-state index contributed by atoms with van der Waals surface area (Å²) < 4.78 is 5.59. The lowest BCUT2D eigenvalue weighted by molar-refractivity contribution is 0.0926. The Morgan fingerprint density at radius 3 is 2.88 bits per heavy atom. The number of nitrogens with zero attached hydrogens (tertiary/aromatic N) is 1. The van der Waals surface area contributed by atoms with E-state index in [2.05, 4.69) is 22.5 Å². The standard InChI is InChI=1S/C18H23N3O2S.ClH/c1-2-10-23-15-7-5-13(6-8-15)18-21-16(12-24-18)17(22)20-14-4-3-9-19-11-14;/h5-8,12,14,19H,2-4,9-11H2,1H3,(H,20,22);1H/t14-;/m0./s1. The van der Waals surface area contributed by atoms with Gasteiger partial charge < -0.3 is 15.4 Å². The van der Waals surface area contributed by atoms with E-state index in [-0.39, 0.29) is 24.4 Å². The number of aromatic nitrogens is 1. The predicted octanol–water partition coefficient (Wildman–Crippen LogP) is 3.50. The number of halogens is 1. The molecule has 7 heteroatoms. The van der Waals surface area contributed by atoms with Crippen LogP contribution in [0, 0.1) is 0 Å². The molecule has 1 aliphatic heterocycles. The highest BCUT2D eigenvalue weighted by Crippen LogP contribution is 2.26. The van der Waals surface area contributed by atoms with E-state index in [1.165, 1.54) is 11.3 Å². The third-order valence-electron chi connectivity index (χ3n) is 3.94. The summed E-state index contributed by atoms with van der Waals surface area (Å²) in [5.41, 5.74) is 1.49. The molecule has 0 saturated carbocycles. The van der Waals surface area contributed by atoms with Crippen LogP contribution in [0.1, 0.15) is 36.7 Å². The molecular weight excluding hydrogens is 358 g/mol. The molecule has 0 spiro atoms. The third-order valence-corrected chi connectivity index (χ3v) is 4.83. The first-order valence-corrected chi connectivity index (χ1v) is 9.34. The van der Waals surface area contributed by atoms with Crippen molar-refractivity contribution >= 4 is 29.7 Å². The smallest absolute Gasteiger partial charge is 0.271 e. The lowest BCUT2D eigenvalue weighted by atomic mass is 10.1. The quantitative estimate of drug-likeness (QED) is 0.803. The average molecular weight is 382 g/mol. The molecule has 1 aromatic heterocycles. The van der Waals surface area contributed by atoms with Crippen LogP contribution in [0.25, 0.3) is 10.6 Å². The van der Waals surface area contributed by atoms with Crippen LogP contribution in [0.3, 0.4) is 0 Å². The van der Waals surface area contributed by atoms with Crippen LogP contribution >= 0.6 is 23.7 Å². The van der Waals surface area contributed by atoms with Crippen molar-refractivity contribution in [2.75, 3.05) is 19.7 Å². The summed E-state index contributed by atoms with van der Waals surface area (Å²) in [4.78, 5) is 16.8. The zero-order valence-corrected chi connectivity index (χ0v) is 15.9. The molecule has 2 N–H and O–H groups in total. The van der Waals surface area contributed by atoms with Crippen LogP contribution in [0.15, 0.2) is 29.6 Å². The molecule has 3 rings (SSSR count). The molecule has 1 aliphatic rings. The van der Waals surface area contributed by atoms with Gasteiger partial charge in [0.15, 0.2) is 0 Å². The minimum Gasteiger partial charge on any atom is -0.494 e. The number of hydrogen-bond donors (Lipinski definition) is 2. The van der Waals surface area contributed by atoms with E-state index >= 15 is 0 Å². The van der Waals surface area contributed by atoms with E-state index in [9.17, 15) is 4.79 Å². The lowest BCUT2D eigenvalue weighted by Crippen LogP contribution is -2.45. The summed E-state index contributed by atoms with van der Waals surface area (Å²) in [7, 11) is 0. The van der Waals surface area contributed by atoms with Crippen LogP contribution in [-0.2, 0) is 0 Å². The Bertz CT molecular complexity index is 669. The fraction of sp³-hybridized carbons (Fsp3) is 0.444. The van der Waals surface area contributed by atoms with Gasteiger partial charge in [-0.3, -0.25) is 4.79 Å². The summed E-state index contributed by atoms with van der Waals surface area (Å²) in [5.74, 6) is 0.772. The van der Waals surface area contributed by atoms with Crippen molar-refractivity contribution in [1.82, 2.24) is 15.6 Å². The maximum atomic E-state index is 12.3. The summed E-state index contributed by atoms with van der Waals surface area (Å²) in [6.45, 7) is 4.67. The maximum absolute atomic E-state index is 12.3. The van der Waals surface area contributed by atoms with Gasteiger partial charge in [0.1, 0.15) is 16.5 Å². The second-order valence-corrected chi connectivity index (χ2v) is 6.79. The van der Waals surface area contributed by atoms with E-state index in [1.54, 1.807) is 0 Å². The highest BCUT2D eigenvalue weighted by Gasteiger charge is 2.18. The van der Waals surface area contributed by atoms with Gasteiger partial charge in [-0.2, -0.15) is 0 Å². The van der Waals surface area contributed by atoms with Gasteiger partial charge in [0.05, 0.1) is 6.61 Å². The topological polar surface area (TPSA) is 63.2 Å². The van der Waals surface area contributed by atoms with Crippen molar-refractivity contribution in [2.45, 2.75) is 32.2 Å². The van der Waals surface area contributed by atoms with Crippen LogP contribution in [0.4, 0.5) is 0 Å². The molecule has 136 valence electrons. The summed E-state index contributed by atoms with van der Waals surface area (Å²) in [5, 5.41) is 9.03. The first-order valence-electron chi connectivity index (χ1n) is 8.46. The molecule has 1 amide bonds. The van der Waals surface area contributed by atoms with E-state index in [0.29, 0.717) is 5.69 Å². The largest absolute Gasteiger partial charge is 0.494 e. The number of carbonyl (C=O) groups excluding carboxylic acids is 1. The maximum Gasteiger partial charge on any atom is 0.271 e. The average Bonchev–Trinajstić information content (AvgIpc) is 3.11. The van der Waals surface area contributed by atoms with Crippen molar-refractivity contribution in [1.29, 1.82) is 0 Å². The van der Waals surface area contributed by atoms with Crippen LogP contribution in [0.5, 0.6) is 5.75 Å². The second kappa shape index (κ2) is 9.75. The van der Waals surface area contributed by atoms with Crippen LogP contribution < -0.4 is 15.4 Å². The van der Waals surface area contributed by atoms with Crippen molar-refractivity contribution in [3.63, 3.8) is 0 Å². The first kappa shape index (κ1) is 19.7. The Balaban J connectivity index is 0.00000225. The minimum atomic E-state index is -0.0888. The lowest BCUT2D eigenvalue weighted by Gasteiger charge is -2.23. The van der Waals surface area contributed by atoms with Gasteiger partial charge in [-0.1, -0.05) is 6.92 Å². The van der Waals surface area contributed by atoms with Gasteiger partial charge >= 0.3 is 0 Å². The molecule has 1 saturated heterocycles. The molecular formula is C18H24ClN3O2S. The van der Waals surface area contributed by atoms with Gasteiger partial charge in [0.25, 0.3) is 5.91 Å². The molecule has 0 aliphatic carbocycles. The van der Waals surface area contributed by atoms with Crippen LogP contribution in [-0.4, -0.2) is 36.6 Å². The number of hydrogen-bond acceptors (Lipinski definition) is 5. The molecule has 1 aromatic carbocycles. The number of amides is 1. The molecule has 25 heavy (non-hydrogen) atoms. The number of rotatable bonds is 6. The van der Waals surface area contributed by atoms with Crippen molar-refractivity contribution in [3.8, 4) is 16.3 Å². The van der Waals surface area contributed by atoms with E-state index in [1.807, 2.05) is 29.6 Å². The number of ether oxygens (including phenoxy) is 1. The number of carbonyl (C=O) groups is 1. The third kappa shape index (κ3) is 5.42. The number of thiazole rings is 1. The fourth-order valence-corrected chi connectivity index (χ4v) is 3.46. The van der Waals surface area contributed by atoms with Crippen molar-refractivity contribution < 1.29 is 9.53 Å². The van der Waals surface area contributed by atoms with Crippen molar-refractivity contribution in [2.24, 2.45) is 0 Å². The van der Waals surface area contributed by atoms with Crippen LogP contribution in [0.2, 0.25) is 0 Å². The Labute approximate surface area is 158 Å². The number of benzene rings is 1. The van der Waals surface area contributed by atoms with Gasteiger partial charge in [0.2, 0.25) is 0 Å². The molecule has 1 atom stereocenters. The summed E-state index contributed by atoms with van der Waals surface area (Å²) >= 11 is 1.49. The van der Waals surface area contributed by atoms with E-state index in [4.69, 9.17) is 4.74 Å². The predicted molar refractivity (Wildman–Crippen MR) is 104 cm³/mol. The van der Waals surface area contributed by atoms with Gasteiger partial charge in [-0.15, -0.1) is 23.7 Å². The summed E-state index contributed by atoms with van der Waals surface area (Å²) in [6.07, 6.45) is 3.11. The first-order chi connectivity index (χ1) is 11.8. The van der Waals surface area contributed by atoms with Gasteiger partial charge in [-0.05, 0) is 50.1 Å². The van der Waals surface area contributed by atoms with Gasteiger partial charge in [-0.25, -0.2) is 4.98 Å². The Morgan fingerprint density at radius 1 is 1.40 bits per heavy atom. The zero-order valence-electron chi connectivity index (χ0n) is 14.3. The molecule has 2 heterocycles.